The van der Waals surface area contributed by atoms with Crippen molar-refractivity contribution in [2.24, 2.45) is 0 Å². The predicted molar refractivity (Wildman–Crippen MR) is 56.0 cm³/mol. The molecule has 1 rings (SSSR count). The number of nitrogen functional groups attached to an aromatic ring is 1. The number of carbonyl (C=O) groups is 1. The van der Waals surface area contributed by atoms with Gasteiger partial charge in [-0.2, -0.15) is 0 Å². The fourth-order valence-electron chi connectivity index (χ4n) is 0.783. The lowest BCUT2D eigenvalue weighted by Gasteiger charge is -2.07. The van der Waals surface area contributed by atoms with Crippen LogP contribution in [0.25, 0.3) is 0 Å². The SMILES string of the molecule is CNC(=O)Oc1cc(Cl)c(Cl)cc1N. The van der Waals surface area contributed by atoms with Gasteiger partial charge in [0.2, 0.25) is 0 Å². The van der Waals surface area contributed by atoms with Gasteiger partial charge < -0.3 is 15.8 Å². The van der Waals surface area contributed by atoms with E-state index in [-0.39, 0.29) is 16.5 Å². The van der Waals surface area contributed by atoms with Crippen molar-refractivity contribution >= 4 is 35.0 Å². The van der Waals surface area contributed by atoms with Gasteiger partial charge in [0.1, 0.15) is 0 Å². The lowest BCUT2D eigenvalue weighted by Crippen LogP contribution is -2.22. The van der Waals surface area contributed by atoms with Crippen molar-refractivity contribution in [2.75, 3.05) is 12.8 Å². The monoisotopic (exact) mass is 234 g/mol. The van der Waals surface area contributed by atoms with Crippen molar-refractivity contribution in [3.63, 3.8) is 0 Å². The minimum atomic E-state index is -0.616. The number of amides is 1. The molecule has 1 amide bonds. The Morgan fingerprint density at radius 1 is 1.43 bits per heavy atom. The van der Waals surface area contributed by atoms with Gasteiger partial charge in [0.25, 0.3) is 0 Å². The lowest BCUT2D eigenvalue weighted by atomic mass is 10.3. The fourth-order valence-corrected chi connectivity index (χ4v) is 1.11. The maximum Gasteiger partial charge on any atom is 0.412 e. The van der Waals surface area contributed by atoms with Crippen LogP contribution in [0.1, 0.15) is 0 Å². The maximum absolute atomic E-state index is 10.9. The normalized spacial score (nSPS) is 9.64. The second-order valence-electron chi connectivity index (χ2n) is 2.44. The van der Waals surface area contributed by atoms with E-state index in [0.717, 1.165) is 0 Å². The molecule has 0 atom stereocenters. The Labute approximate surface area is 90.9 Å². The van der Waals surface area contributed by atoms with Crippen LogP contribution in [0.4, 0.5) is 10.5 Å². The molecule has 0 unspecified atom stereocenters. The topological polar surface area (TPSA) is 64.3 Å². The summed E-state index contributed by atoms with van der Waals surface area (Å²) < 4.78 is 4.81. The van der Waals surface area contributed by atoms with Crippen molar-refractivity contribution in [3.05, 3.63) is 22.2 Å². The van der Waals surface area contributed by atoms with Crippen molar-refractivity contribution in [1.82, 2.24) is 5.32 Å². The zero-order chi connectivity index (χ0) is 10.7. The largest absolute Gasteiger partial charge is 0.412 e. The van der Waals surface area contributed by atoms with Gasteiger partial charge in [-0.05, 0) is 6.07 Å². The summed E-state index contributed by atoms with van der Waals surface area (Å²) in [6, 6.07) is 2.80. The molecule has 14 heavy (non-hydrogen) atoms. The van der Waals surface area contributed by atoms with Crippen LogP contribution < -0.4 is 15.8 Å². The van der Waals surface area contributed by atoms with E-state index in [1.165, 1.54) is 19.2 Å². The molecule has 1 aromatic carbocycles. The van der Waals surface area contributed by atoms with Crippen LogP contribution in [0, 0.1) is 0 Å². The summed E-state index contributed by atoms with van der Waals surface area (Å²) in [6.45, 7) is 0. The van der Waals surface area contributed by atoms with E-state index in [0.29, 0.717) is 5.02 Å². The van der Waals surface area contributed by atoms with Gasteiger partial charge in [-0.15, -0.1) is 0 Å². The van der Waals surface area contributed by atoms with Gasteiger partial charge in [-0.1, -0.05) is 23.2 Å². The molecule has 3 N–H and O–H groups in total. The second kappa shape index (κ2) is 4.39. The van der Waals surface area contributed by atoms with Crippen LogP contribution in [-0.2, 0) is 0 Å². The zero-order valence-electron chi connectivity index (χ0n) is 7.30. The van der Waals surface area contributed by atoms with Crippen LogP contribution in [0.3, 0.4) is 0 Å². The molecule has 0 aliphatic rings. The predicted octanol–water partition coefficient (Wildman–Crippen LogP) is 2.29. The van der Waals surface area contributed by atoms with E-state index in [1.54, 1.807) is 0 Å². The Kier molecular flexibility index (Phi) is 3.43. The molecule has 0 saturated carbocycles. The standard InChI is InChI=1S/C8H8Cl2N2O2/c1-12-8(13)14-7-3-5(10)4(9)2-6(7)11/h2-3H,11H2,1H3,(H,12,13). The third-order valence-electron chi connectivity index (χ3n) is 1.46. The van der Waals surface area contributed by atoms with Gasteiger partial charge >= 0.3 is 6.09 Å². The third-order valence-corrected chi connectivity index (χ3v) is 2.18. The highest BCUT2D eigenvalue weighted by molar-refractivity contribution is 6.42. The summed E-state index contributed by atoms with van der Waals surface area (Å²) in [6.07, 6.45) is -0.616. The molecule has 0 heterocycles. The number of ether oxygens (including phenoxy) is 1. The van der Waals surface area contributed by atoms with E-state index in [9.17, 15) is 4.79 Å². The number of benzene rings is 1. The summed E-state index contributed by atoms with van der Waals surface area (Å²) in [4.78, 5) is 10.9. The molecular weight excluding hydrogens is 227 g/mol. The highest BCUT2D eigenvalue weighted by Gasteiger charge is 2.09. The molecule has 76 valence electrons. The minimum absolute atomic E-state index is 0.179. The van der Waals surface area contributed by atoms with Crippen molar-refractivity contribution in [1.29, 1.82) is 0 Å². The summed E-state index contributed by atoms with van der Waals surface area (Å²) >= 11 is 11.4. The highest BCUT2D eigenvalue weighted by Crippen LogP contribution is 2.32. The van der Waals surface area contributed by atoms with Gasteiger partial charge in [0, 0.05) is 13.1 Å². The summed E-state index contributed by atoms with van der Waals surface area (Å²) in [7, 11) is 1.44. The molecule has 0 radical (unpaired) electrons. The van der Waals surface area contributed by atoms with E-state index in [1.807, 2.05) is 0 Å². The zero-order valence-corrected chi connectivity index (χ0v) is 8.82. The van der Waals surface area contributed by atoms with E-state index in [4.69, 9.17) is 33.7 Å². The first kappa shape index (κ1) is 10.9. The van der Waals surface area contributed by atoms with Crippen molar-refractivity contribution < 1.29 is 9.53 Å². The number of nitrogens with one attached hydrogen (secondary N) is 1. The average molecular weight is 235 g/mol. The van der Waals surface area contributed by atoms with E-state index < -0.39 is 6.09 Å². The Balaban J connectivity index is 2.98. The lowest BCUT2D eigenvalue weighted by molar-refractivity contribution is 0.203. The number of nitrogens with two attached hydrogens (primary N) is 1. The minimum Gasteiger partial charge on any atom is -0.408 e. The molecule has 0 saturated heterocycles. The molecule has 0 aromatic heterocycles. The molecule has 4 nitrogen and oxygen atoms in total. The molecule has 0 spiro atoms. The third kappa shape index (κ3) is 2.43. The first-order valence-corrected chi connectivity index (χ1v) is 4.44. The van der Waals surface area contributed by atoms with Crippen LogP contribution in [-0.4, -0.2) is 13.1 Å². The summed E-state index contributed by atoms with van der Waals surface area (Å²) in [5, 5.41) is 2.87. The number of anilines is 1. The smallest absolute Gasteiger partial charge is 0.408 e. The summed E-state index contributed by atoms with van der Waals surface area (Å²) in [5.41, 5.74) is 5.80. The molecular formula is C8H8Cl2N2O2. The Bertz CT molecular complexity index is 369. The number of hydrogen-bond acceptors (Lipinski definition) is 3. The van der Waals surface area contributed by atoms with Gasteiger partial charge in [-0.25, -0.2) is 4.79 Å². The highest BCUT2D eigenvalue weighted by atomic mass is 35.5. The summed E-state index contributed by atoms with van der Waals surface area (Å²) in [5.74, 6) is 0.179. The van der Waals surface area contributed by atoms with Crippen LogP contribution in [0.2, 0.25) is 10.0 Å². The molecule has 0 fully saturated rings. The van der Waals surface area contributed by atoms with E-state index >= 15 is 0 Å². The quantitative estimate of drug-likeness (QED) is 0.734. The van der Waals surface area contributed by atoms with Crippen molar-refractivity contribution in [3.8, 4) is 5.75 Å². The number of carbonyl (C=O) groups excluding carboxylic acids is 1. The van der Waals surface area contributed by atoms with Crippen LogP contribution in [0.15, 0.2) is 12.1 Å². The second-order valence-corrected chi connectivity index (χ2v) is 3.26. The van der Waals surface area contributed by atoms with Gasteiger partial charge in [0.05, 0.1) is 15.7 Å². The molecule has 6 heteroatoms. The van der Waals surface area contributed by atoms with E-state index in [2.05, 4.69) is 5.32 Å². The Hall–Kier alpha value is -1.13. The number of hydrogen-bond donors (Lipinski definition) is 2. The molecule has 0 aliphatic carbocycles. The Morgan fingerprint density at radius 2 is 2.00 bits per heavy atom. The van der Waals surface area contributed by atoms with Crippen molar-refractivity contribution in [2.45, 2.75) is 0 Å². The fraction of sp³-hybridized carbons (Fsp3) is 0.125. The first-order valence-electron chi connectivity index (χ1n) is 3.68. The number of rotatable bonds is 1. The number of halogens is 2. The Morgan fingerprint density at radius 3 is 2.57 bits per heavy atom. The maximum atomic E-state index is 10.9. The van der Waals surface area contributed by atoms with Crippen LogP contribution in [0.5, 0.6) is 5.75 Å². The van der Waals surface area contributed by atoms with Gasteiger partial charge in [0.15, 0.2) is 5.75 Å². The molecule has 0 aliphatic heterocycles. The van der Waals surface area contributed by atoms with Crippen LogP contribution >= 0.6 is 23.2 Å². The first-order chi connectivity index (χ1) is 6.54. The average Bonchev–Trinajstić information content (AvgIpc) is 2.14. The molecule has 1 aromatic rings. The van der Waals surface area contributed by atoms with Gasteiger partial charge in [-0.3, -0.25) is 0 Å². The molecule has 0 bridgehead atoms.